The van der Waals surface area contributed by atoms with Gasteiger partial charge in [-0.15, -0.1) is 0 Å². The number of carbonyl (C=O) groups is 2. The molecule has 0 radical (unpaired) electrons. The summed E-state index contributed by atoms with van der Waals surface area (Å²) in [4.78, 5) is 22.3. The highest BCUT2D eigenvalue weighted by molar-refractivity contribution is 5.84. The van der Waals surface area contributed by atoms with Crippen molar-refractivity contribution >= 4 is 17.7 Å². The molecule has 0 aliphatic heterocycles. The van der Waals surface area contributed by atoms with Gasteiger partial charge in [0.25, 0.3) is 0 Å². The maximum Gasteiger partial charge on any atom is 0.412 e. The average molecular weight is 311 g/mol. The lowest BCUT2D eigenvalue weighted by Crippen LogP contribution is -2.27. The van der Waals surface area contributed by atoms with Gasteiger partial charge in [-0.1, -0.05) is 13.0 Å². The second-order valence-corrected chi connectivity index (χ2v) is 6.21. The van der Waals surface area contributed by atoms with Gasteiger partial charge < -0.3 is 9.84 Å². The first-order chi connectivity index (χ1) is 10.1. The van der Waals surface area contributed by atoms with Crippen LogP contribution in [0.5, 0.6) is 0 Å². The Kier molecular flexibility index (Phi) is 5.91. The number of carbonyl (C=O) groups excluding carboxylic acids is 1. The first kappa shape index (κ1) is 17.9. The van der Waals surface area contributed by atoms with E-state index in [1.165, 1.54) is 12.1 Å². The van der Waals surface area contributed by atoms with Gasteiger partial charge in [0.05, 0.1) is 5.92 Å². The molecule has 1 atom stereocenters. The van der Waals surface area contributed by atoms with Gasteiger partial charge in [0.15, 0.2) is 0 Å². The maximum absolute atomic E-state index is 14.0. The number of carboxylic acids is 1. The van der Waals surface area contributed by atoms with Crippen LogP contribution in [0, 0.1) is 11.7 Å². The summed E-state index contributed by atoms with van der Waals surface area (Å²) in [7, 11) is 0. The fraction of sp³-hybridized carbons (Fsp3) is 0.500. The Labute approximate surface area is 129 Å². The van der Waals surface area contributed by atoms with Gasteiger partial charge >= 0.3 is 12.1 Å². The number of nitrogens with one attached hydrogen (secondary N) is 1. The molecule has 0 saturated heterocycles. The minimum atomic E-state index is -0.899. The molecule has 0 spiro atoms. The summed E-state index contributed by atoms with van der Waals surface area (Å²) in [6.07, 6.45) is 0.0241. The quantitative estimate of drug-likeness (QED) is 0.866. The minimum absolute atomic E-state index is 0.293. The molecule has 1 aromatic rings. The van der Waals surface area contributed by atoms with Crippen LogP contribution in [0.1, 0.15) is 39.7 Å². The van der Waals surface area contributed by atoms with E-state index in [2.05, 4.69) is 5.32 Å². The number of aryl methyl sites for hydroxylation is 1. The number of benzene rings is 1. The van der Waals surface area contributed by atoms with Crippen molar-refractivity contribution < 1.29 is 23.8 Å². The highest BCUT2D eigenvalue weighted by Crippen LogP contribution is 2.19. The SMILES string of the molecule is CC(CCc1ccc(NC(=O)OC(C)(C)C)cc1F)C(=O)O. The van der Waals surface area contributed by atoms with Gasteiger partial charge in [-0.25, -0.2) is 9.18 Å². The molecule has 5 nitrogen and oxygen atoms in total. The van der Waals surface area contributed by atoms with E-state index in [0.717, 1.165) is 0 Å². The second-order valence-electron chi connectivity index (χ2n) is 6.21. The Hall–Kier alpha value is -2.11. The lowest BCUT2D eigenvalue weighted by Gasteiger charge is -2.19. The largest absolute Gasteiger partial charge is 0.481 e. The first-order valence-corrected chi connectivity index (χ1v) is 7.09. The van der Waals surface area contributed by atoms with E-state index in [1.807, 2.05) is 0 Å². The molecule has 22 heavy (non-hydrogen) atoms. The smallest absolute Gasteiger partial charge is 0.412 e. The number of hydrogen-bond donors (Lipinski definition) is 2. The summed E-state index contributed by atoms with van der Waals surface area (Å²) >= 11 is 0. The number of aliphatic carboxylic acids is 1. The van der Waals surface area contributed by atoms with Crippen LogP contribution in [-0.2, 0) is 16.0 Å². The molecule has 2 N–H and O–H groups in total. The van der Waals surface area contributed by atoms with Crippen molar-refractivity contribution in [3.8, 4) is 0 Å². The van der Waals surface area contributed by atoms with Crippen LogP contribution >= 0.6 is 0 Å². The zero-order valence-electron chi connectivity index (χ0n) is 13.3. The monoisotopic (exact) mass is 311 g/mol. The van der Waals surface area contributed by atoms with Crippen LogP contribution in [0.25, 0.3) is 0 Å². The summed E-state index contributed by atoms with van der Waals surface area (Å²) in [6, 6.07) is 4.30. The third-order valence-corrected chi connectivity index (χ3v) is 2.97. The van der Waals surface area contributed by atoms with Crippen molar-refractivity contribution in [1.82, 2.24) is 0 Å². The topological polar surface area (TPSA) is 75.6 Å². The Morgan fingerprint density at radius 2 is 2.00 bits per heavy atom. The predicted molar refractivity (Wildman–Crippen MR) is 81.4 cm³/mol. The number of amides is 1. The lowest BCUT2D eigenvalue weighted by atomic mass is 10.0. The normalized spacial score (nSPS) is 12.6. The summed E-state index contributed by atoms with van der Waals surface area (Å²) < 4.78 is 19.0. The van der Waals surface area contributed by atoms with Crippen LogP contribution in [0.3, 0.4) is 0 Å². The summed E-state index contributed by atoms with van der Waals surface area (Å²) in [5.41, 5.74) is 0.0832. The van der Waals surface area contributed by atoms with Crippen LogP contribution in [0.4, 0.5) is 14.9 Å². The van der Waals surface area contributed by atoms with E-state index in [-0.39, 0.29) is 0 Å². The number of anilines is 1. The third kappa shape index (κ3) is 6.11. The van der Waals surface area contributed by atoms with Gasteiger partial charge in [0.1, 0.15) is 11.4 Å². The first-order valence-electron chi connectivity index (χ1n) is 7.09. The molecule has 0 heterocycles. The fourth-order valence-corrected chi connectivity index (χ4v) is 1.74. The van der Waals surface area contributed by atoms with Crippen molar-refractivity contribution in [3.63, 3.8) is 0 Å². The van der Waals surface area contributed by atoms with E-state index in [4.69, 9.17) is 9.84 Å². The predicted octanol–water partition coefficient (Wildman–Crippen LogP) is 3.83. The molecule has 0 aliphatic carbocycles. The Morgan fingerprint density at radius 1 is 1.36 bits per heavy atom. The molecule has 1 amide bonds. The second kappa shape index (κ2) is 7.24. The lowest BCUT2D eigenvalue weighted by molar-refractivity contribution is -0.141. The molecule has 0 bridgehead atoms. The van der Waals surface area contributed by atoms with E-state index >= 15 is 0 Å². The number of halogens is 1. The zero-order valence-corrected chi connectivity index (χ0v) is 13.3. The van der Waals surface area contributed by atoms with Gasteiger partial charge in [-0.05, 0) is 51.3 Å². The van der Waals surface area contributed by atoms with Gasteiger partial charge in [-0.2, -0.15) is 0 Å². The highest BCUT2D eigenvalue weighted by Gasteiger charge is 2.17. The average Bonchev–Trinajstić information content (AvgIpc) is 2.34. The fourth-order valence-electron chi connectivity index (χ4n) is 1.74. The van der Waals surface area contributed by atoms with E-state index in [1.54, 1.807) is 33.8 Å². The molecule has 1 rings (SSSR count). The number of ether oxygens (including phenoxy) is 1. The summed E-state index contributed by atoms with van der Waals surface area (Å²) in [5.74, 6) is -1.91. The summed E-state index contributed by atoms with van der Waals surface area (Å²) in [5, 5.41) is 11.3. The Balaban J connectivity index is 2.65. The van der Waals surface area contributed by atoms with Crippen molar-refractivity contribution in [3.05, 3.63) is 29.6 Å². The number of hydrogen-bond acceptors (Lipinski definition) is 3. The van der Waals surface area contributed by atoms with Gasteiger partial charge in [0, 0.05) is 5.69 Å². The zero-order chi connectivity index (χ0) is 16.9. The number of carboxylic acid groups (broad SMARTS) is 1. The highest BCUT2D eigenvalue weighted by atomic mass is 19.1. The van der Waals surface area contributed by atoms with Gasteiger partial charge in [-0.3, -0.25) is 10.1 Å². The van der Waals surface area contributed by atoms with Crippen LogP contribution in [0.15, 0.2) is 18.2 Å². The molecule has 6 heteroatoms. The molecular formula is C16H22FNO4. The standard InChI is InChI=1S/C16H22FNO4/c1-10(14(19)20)5-6-11-7-8-12(9-13(11)17)18-15(21)22-16(2,3)4/h7-10H,5-6H2,1-4H3,(H,18,21)(H,19,20). The molecular weight excluding hydrogens is 289 g/mol. The van der Waals surface area contributed by atoms with Crippen molar-refractivity contribution in [1.29, 1.82) is 0 Å². The van der Waals surface area contributed by atoms with Gasteiger partial charge in [0.2, 0.25) is 0 Å². The summed E-state index contributed by atoms with van der Waals surface area (Å²) in [6.45, 7) is 6.79. The number of rotatable bonds is 5. The molecule has 0 fully saturated rings. The van der Waals surface area contributed by atoms with Crippen LogP contribution in [-0.4, -0.2) is 22.8 Å². The maximum atomic E-state index is 14.0. The molecule has 0 saturated carbocycles. The third-order valence-electron chi connectivity index (χ3n) is 2.97. The minimum Gasteiger partial charge on any atom is -0.481 e. The molecule has 1 aromatic carbocycles. The Bertz CT molecular complexity index is 552. The molecule has 1 unspecified atom stereocenters. The van der Waals surface area contributed by atoms with Crippen molar-refractivity contribution in [2.75, 3.05) is 5.32 Å². The van der Waals surface area contributed by atoms with E-state index < -0.39 is 29.4 Å². The van der Waals surface area contributed by atoms with Crippen molar-refractivity contribution in [2.45, 2.75) is 46.1 Å². The molecule has 122 valence electrons. The van der Waals surface area contributed by atoms with E-state index in [0.29, 0.717) is 24.1 Å². The molecule has 0 aromatic heterocycles. The van der Waals surface area contributed by atoms with E-state index in [9.17, 15) is 14.0 Å². The van der Waals surface area contributed by atoms with Crippen molar-refractivity contribution in [2.24, 2.45) is 5.92 Å². The Morgan fingerprint density at radius 3 is 2.50 bits per heavy atom. The van der Waals surface area contributed by atoms with Crippen LogP contribution in [0.2, 0.25) is 0 Å². The molecule has 0 aliphatic rings. The van der Waals surface area contributed by atoms with Crippen LogP contribution < -0.4 is 5.32 Å².